The largest absolute Gasteiger partial charge is 0.495 e. The highest BCUT2D eigenvalue weighted by Crippen LogP contribution is 2.55. The van der Waals surface area contributed by atoms with Gasteiger partial charge in [-0.15, -0.1) is 0 Å². The molecule has 34 heavy (non-hydrogen) atoms. The lowest BCUT2D eigenvalue weighted by atomic mass is 10.3. The molecule has 0 bridgehead atoms. The second-order valence-corrected chi connectivity index (χ2v) is 12.3. The molecule has 1 aliphatic heterocycles. The summed E-state index contributed by atoms with van der Waals surface area (Å²) in [6.45, 7) is 5.01. The van der Waals surface area contributed by atoms with Gasteiger partial charge >= 0.3 is 6.01 Å². The maximum absolute atomic E-state index is 11.4. The third-order valence-electron chi connectivity index (χ3n) is 6.40. The van der Waals surface area contributed by atoms with Crippen molar-refractivity contribution in [3.8, 4) is 5.75 Å². The summed E-state index contributed by atoms with van der Waals surface area (Å²) in [4.78, 5) is 26.7. The molecule has 0 amide bonds. The van der Waals surface area contributed by atoms with E-state index in [4.69, 9.17) is 20.8 Å². The summed E-state index contributed by atoms with van der Waals surface area (Å²) in [6.07, 6.45) is 7.12. The summed E-state index contributed by atoms with van der Waals surface area (Å²) < 4.78 is 11.4. The third-order valence-corrected chi connectivity index (χ3v) is 9.80. The van der Waals surface area contributed by atoms with Crippen LogP contribution in [0.3, 0.4) is 0 Å². The number of nitrogens with zero attached hydrogens (tertiary/aromatic N) is 4. The summed E-state index contributed by atoms with van der Waals surface area (Å²) in [5.41, 5.74) is 0.698. The minimum Gasteiger partial charge on any atom is -0.495 e. The maximum Gasteiger partial charge on any atom is 0.301 e. The standard InChI is InChI=1S/C23H29ClN6O3P/c1-3-30-8-10-34(31,11-9-30)16-6-7-18(19(12-16)32-2)27-21-17(24)13-25-22(28-21)29-23-26-14-20(33-23)15-4-5-15/h6-7,12-15,31H,3-5,8-11H2,1-2H3,(H2,25,26,27,28,29). The lowest BCUT2D eigenvalue weighted by Gasteiger charge is -2.39. The molecule has 2 aromatic heterocycles. The van der Waals surface area contributed by atoms with Crippen molar-refractivity contribution in [2.24, 2.45) is 0 Å². The van der Waals surface area contributed by atoms with Crippen molar-refractivity contribution < 1.29 is 14.0 Å². The van der Waals surface area contributed by atoms with Gasteiger partial charge in [-0.05, 0) is 31.5 Å². The number of halogens is 1. The molecule has 2 aliphatic rings. The molecule has 1 saturated heterocycles. The van der Waals surface area contributed by atoms with Crippen LogP contribution in [0.25, 0.3) is 0 Å². The zero-order valence-corrected chi connectivity index (χ0v) is 20.9. The molecule has 1 aromatic carbocycles. The number of methoxy groups -OCH3 is 1. The molecule has 2 fully saturated rings. The zero-order chi connectivity index (χ0) is 23.7. The molecular weight excluding hydrogens is 475 g/mol. The quantitative estimate of drug-likeness (QED) is 0.386. The van der Waals surface area contributed by atoms with Crippen LogP contribution in [0.5, 0.6) is 5.75 Å². The fourth-order valence-corrected chi connectivity index (χ4v) is 6.91. The van der Waals surface area contributed by atoms with Crippen LogP contribution in [0.2, 0.25) is 5.02 Å². The molecule has 3 N–H and O–H groups in total. The van der Waals surface area contributed by atoms with E-state index in [9.17, 15) is 4.89 Å². The highest BCUT2D eigenvalue weighted by Gasteiger charge is 2.32. The normalized spacial score (nSPS) is 18.0. The predicted octanol–water partition coefficient (Wildman–Crippen LogP) is 4.38. The van der Waals surface area contributed by atoms with Gasteiger partial charge in [0.1, 0.15) is 16.5 Å². The van der Waals surface area contributed by atoms with E-state index in [0.717, 1.165) is 55.9 Å². The Morgan fingerprint density at radius 3 is 2.71 bits per heavy atom. The van der Waals surface area contributed by atoms with Crippen LogP contribution in [0.4, 0.5) is 23.5 Å². The Hall–Kier alpha value is -2.45. The van der Waals surface area contributed by atoms with E-state index in [1.165, 1.54) is 6.20 Å². The Morgan fingerprint density at radius 1 is 1.21 bits per heavy atom. The van der Waals surface area contributed by atoms with E-state index in [0.29, 0.717) is 40.2 Å². The number of nitrogens with one attached hydrogen (secondary N) is 2. The summed E-state index contributed by atoms with van der Waals surface area (Å²) >= 11 is 6.37. The average Bonchev–Trinajstić information content (AvgIpc) is 3.60. The third kappa shape index (κ3) is 4.98. The minimum atomic E-state index is -2.19. The van der Waals surface area contributed by atoms with E-state index in [-0.39, 0.29) is 0 Å². The van der Waals surface area contributed by atoms with Gasteiger partial charge in [0.2, 0.25) is 5.95 Å². The first-order chi connectivity index (χ1) is 16.5. The van der Waals surface area contributed by atoms with E-state index >= 15 is 0 Å². The van der Waals surface area contributed by atoms with Gasteiger partial charge in [0.25, 0.3) is 0 Å². The van der Waals surface area contributed by atoms with Crippen LogP contribution in [0, 0.1) is 0 Å². The molecule has 0 unspecified atom stereocenters. The van der Waals surface area contributed by atoms with Crippen LogP contribution in [0.15, 0.2) is 35.0 Å². The molecule has 3 heterocycles. The highest BCUT2D eigenvalue weighted by atomic mass is 35.5. The molecule has 5 rings (SSSR count). The van der Waals surface area contributed by atoms with Gasteiger partial charge in [0.05, 0.1) is 25.2 Å². The van der Waals surface area contributed by atoms with Crippen LogP contribution in [0.1, 0.15) is 31.4 Å². The van der Waals surface area contributed by atoms with Gasteiger partial charge in [0, 0.05) is 44.1 Å². The van der Waals surface area contributed by atoms with Crippen molar-refractivity contribution in [2.45, 2.75) is 25.7 Å². The molecule has 3 aromatic rings. The Bertz CT molecular complexity index is 1160. The number of ether oxygens (including phenoxy) is 1. The Balaban J connectivity index is 1.33. The second-order valence-electron chi connectivity index (χ2n) is 8.67. The lowest BCUT2D eigenvalue weighted by Crippen LogP contribution is -2.39. The first-order valence-corrected chi connectivity index (χ1v) is 14.0. The molecule has 1 radical (unpaired) electrons. The minimum absolute atomic E-state index is 0.314. The van der Waals surface area contributed by atoms with Crippen LogP contribution in [-0.4, -0.2) is 63.8 Å². The number of benzene rings is 1. The Morgan fingerprint density at radius 2 is 2.00 bits per heavy atom. The predicted molar refractivity (Wildman–Crippen MR) is 136 cm³/mol. The number of aromatic nitrogens is 3. The van der Waals surface area contributed by atoms with Crippen molar-refractivity contribution in [3.05, 3.63) is 41.4 Å². The molecule has 1 saturated carbocycles. The van der Waals surface area contributed by atoms with Crippen molar-refractivity contribution in [3.63, 3.8) is 0 Å². The number of hydrogen-bond donors (Lipinski definition) is 3. The smallest absolute Gasteiger partial charge is 0.301 e. The fraction of sp³-hybridized carbons (Fsp3) is 0.435. The SMILES string of the molecule is CCN1CC[P](O)(c2ccc(Nc3nc(Nc4ncc(C5CC5)o4)ncc3Cl)c(OC)c2)CC1. The first kappa shape index (κ1) is 23.3. The highest BCUT2D eigenvalue weighted by molar-refractivity contribution is 7.77. The average molecular weight is 504 g/mol. The summed E-state index contributed by atoms with van der Waals surface area (Å²) in [5.74, 6) is 2.71. The van der Waals surface area contributed by atoms with Crippen molar-refractivity contribution in [1.29, 1.82) is 0 Å². The second kappa shape index (κ2) is 9.66. The number of anilines is 4. The molecule has 9 nitrogen and oxygen atoms in total. The van der Waals surface area contributed by atoms with Gasteiger partial charge in [-0.1, -0.05) is 24.6 Å². The topological polar surface area (TPSA) is 109 Å². The summed E-state index contributed by atoms with van der Waals surface area (Å²) in [5, 5.41) is 7.54. The Kier molecular flexibility index (Phi) is 6.62. The van der Waals surface area contributed by atoms with Gasteiger partial charge in [0.15, 0.2) is 5.82 Å². The molecule has 0 atom stereocenters. The fourth-order valence-electron chi connectivity index (χ4n) is 4.09. The molecule has 1 aliphatic carbocycles. The number of rotatable bonds is 8. The van der Waals surface area contributed by atoms with Crippen molar-refractivity contribution in [2.75, 3.05) is 49.7 Å². The number of hydrogen-bond acceptors (Lipinski definition) is 9. The monoisotopic (exact) mass is 503 g/mol. The van der Waals surface area contributed by atoms with Gasteiger partial charge in [-0.25, -0.2) is 9.97 Å². The number of oxazole rings is 1. The summed E-state index contributed by atoms with van der Waals surface area (Å²) in [7, 11) is -0.582. The van der Waals surface area contributed by atoms with Crippen LogP contribution < -0.4 is 20.7 Å². The maximum atomic E-state index is 11.4. The van der Waals surface area contributed by atoms with Gasteiger partial charge in [-0.3, -0.25) is 5.32 Å². The molecule has 11 heteroatoms. The van der Waals surface area contributed by atoms with E-state index < -0.39 is 7.49 Å². The van der Waals surface area contributed by atoms with Crippen LogP contribution >= 0.6 is 19.1 Å². The zero-order valence-electron chi connectivity index (χ0n) is 19.3. The van der Waals surface area contributed by atoms with Crippen molar-refractivity contribution >= 4 is 47.9 Å². The molecule has 0 spiro atoms. The van der Waals surface area contributed by atoms with Gasteiger partial charge in [-0.2, -0.15) is 4.98 Å². The van der Waals surface area contributed by atoms with Crippen molar-refractivity contribution in [1.82, 2.24) is 19.9 Å². The summed E-state index contributed by atoms with van der Waals surface area (Å²) in [6, 6.07) is 6.15. The van der Waals surface area contributed by atoms with Gasteiger partial charge < -0.3 is 24.3 Å². The van der Waals surface area contributed by atoms with E-state index in [1.807, 2.05) is 18.2 Å². The lowest BCUT2D eigenvalue weighted by molar-refractivity contribution is 0.308. The first-order valence-electron chi connectivity index (χ1n) is 11.5. The van der Waals surface area contributed by atoms with E-state index in [1.54, 1.807) is 13.3 Å². The Labute approximate surface area is 204 Å². The molecule has 181 valence electrons. The molecular formula is C23H29ClN6O3P. The van der Waals surface area contributed by atoms with Crippen LogP contribution in [-0.2, 0) is 0 Å². The van der Waals surface area contributed by atoms with E-state index in [2.05, 4.69) is 37.4 Å².